The Hall–Kier alpha value is -3.02. The normalized spacial score (nSPS) is 15.2. The number of aliphatic hydroxyl groups is 1. The summed E-state index contributed by atoms with van der Waals surface area (Å²) in [4.78, 5) is 12.3. The van der Waals surface area contributed by atoms with Gasteiger partial charge in [0, 0.05) is 24.4 Å². The van der Waals surface area contributed by atoms with E-state index in [0.29, 0.717) is 18.8 Å². The van der Waals surface area contributed by atoms with E-state index in [1.807, 2.05) is 50.3 Å². The van der Waals surface area contributed by atoms with Crippen molar-refractivity contribution < 1.29 is 9.90 Å². The predicted octanol–water partition coefficient (Wildman–Crippen LogP) is 5.07. The number of nitrogens with one attached hydrogen (secondary N) is 2. The number of anilines is 1. The third-order valence-corrected chi connectivity index (χ3v) is 4.24. The molecule has 1 aromatic heterocycles. The molecule has 0 bridgehead atoms. The number of hydrogen-bond acceptors (Lipinski definition) is 3. The maximum absolute atomic E-state index is 12.3. The lowest BCUT2D eigenvalue weighted by molar-refractivity contribution is 0.253. The molecule has 3 N–H and O–H groups in total. The average Bonchev–Trinajstić information content (AvgIpc) is 2.93. The van der Waals surface area contributed by atoms with Crippen LogP contribution in [0.25, 0.3) is 5.70 Å². The lowest BCUT2D eigenvalue weighted by Crippen LogP contribution is -2.29. The fourth-order valence-corrected chi connectivity index (χ4v) is 2.43. The Bertz CT molecular complexity index is 862. The van der Waals surface area contributed by atoms with Crippen LogP contribution in [-0.4, -0.2) is 27.5 Å². The predicted molar refractivity (Wildman–Crippen MR) is 115 cm³/mol. The van der Waals surface area contributed by atoms with Crippen molar-refractivity contribution in [3.8, 4) is 0 Å². The summed E-state index contributed by atoms with van der Waals surface area (Å²) in [5.74, 6) is 0.853. The summed E-state index contributed by atoms with van der Waals surface area (Å²) in [7, 11) is 0. The van der Waals surface area contributed by atoms with Crippen molar-refractivity contribution in [2.45, 2.75) is 46.5 Å². The zero-order chi connectivity index (χ0) is 20.7. The highest BCUT2D eigenvalue weighted by Crippen LogP contribution is 2.27. The van der Waals surface area contributed by atoms with Crippen LogP contribution in [-0.2, 0) is 5.41 Å². The molecule has 2 amide bonds. The number of nitrogens with zero attached hydrogens (tertiary/aromatic N) is 2. The van der Waals surface area contributed by atoms with E-state index >= 15 is 0 Å². The molecule has 0 saturated carbocycles. The summed E-state index contributed by atoms with van der Waals surface area (Å²) < 4.78 is 1.69. The molecule has 0 radical (unpaired) electrons. The quantitative estimate of drug-likeness (QED) is 0.622. The first kappa shape index (κ1) is 21.3. The molecule has 2 rings (SSSR count). The Kier molecular flexibility index (Phi) is 7.04. The van der Waals surface area contributed by atoms with Gasteiger partial charge in [0.1, 0.15) is 5.82 Å². The van der Waals surface area contributed by atoms with Crippen molar-refractivity contribution >= 4 is 17.5 Å². The van der Waals surface area contributed by atoms with Crippen LogP contribution < -0.4 is 10.6 Å². The molecule has 0 saturated heterocycles. The molecular weight excluding hydrogens is 352 g/mol. The number of urea groups is 1. The number of aliphatic hydroxyl groups excluding tert-OH is 1. The molecule has 1 heterocycles. The van der Waals surface area contributed by atoms with Crippen LogP contribution in [0.2, 0.25) is 0 Å². The van der Waals surface area contributed by atoms with Crippen LogP contribution in [0.4, 0.5) is 10.6 Å². The Morgan fingerprint density at radius 3 is 2.79 bits per heavy atom. The minimum Gasteiger partial charge on any atom is -0.512 e. The summed E-state index contributed by atoms with van der Waals surface area (Å²) in [5.41, 5.74) is 2.59. The van der Waals surface area contributed by atoms with Crippen LogP contribution in [0.5, 0.6) is 0 Å². The highest BCUT2D eigenvalue weighted by molar-refractivity contribution is 5.89. The van der Waals surface area contributed by atoms with E-state index in [2.05, 4.69) is 36.5 Å². The van der Waals surface area contributed by atoms with E-state index < -0.39 is 0 Å². The molecule has 0 spiro atoms. The SMILES string of the molecule is C/C=C(C)\C=C/CNC(=O)Nc1cc(C(C)(C)C)nn1C1=CC=C(O)CC=C1. The van der Waals surface area contributed by atoms with Crippen molar-refractivity contribution in [3.63, 3.8) is 0 Å². The second-order valence-corrected chi connectivity index (χ2v) is 7.70. The van der Waals surface area contributed by atoms with E-state index in [4.69, 9.17) is 0 Å². The van der Waals surface area contributed by atoms with Gasteiger partial charge in [0.2, 0.25) is 0 Å². The highest BCUT2D eigenvalue weighted by Gasteiger charge is 2.21. The number of allylic oxidation sites excluding steroid dienone is 8. The summed E-state index contributed by atoms with van der Waals surface area (Å²) in [6.07, 6.45) is 13.5. The summed E-state index contributed by atoms with van der Waals surface area (Å²) in [6.45, 7) is 10.6. The van der Waals surface area contributed by atoms with Gasteiger partial charge in [-0.25, -0.2) is 9.48 Å². The minimum absolute atomic E-state index is 0.169. The second-order valence-electron chi connectivity index (χ2n) is 7.70. The van der Waals surface area contributed by atoms with Crippen LogP contribution in [0.3, 0.4) is 0 Å². The number of hydrogen-bond donors (Lipinski definition) is 3. The molecule has 0 atom stereocenters. The summed E-state index contributed by atoms with van der Waals surface area (Å²) in [5, 5.41) is 20.1. The molecular formula is C22H30N4O2. The molecule has 0 aliphatic heterocycles. The molecule has 150 valence electrons. The van der Waals surface area contributed by atoms with Gasteiger partial charge in [-0.05, 0) is 32.1 Å². The minimum atomic E-state index is -0.305. The molecule has 28 heavy (non-hydrogen) atoms. The maximum Gasteiger partial charge on any atom is 0.320 e. The van der Waals surface area contributed by atoms with Gasteiger partial charge in [-0.15, -0.1) is 0 Å². The lowest BCUT2D eigenvalue weighted by atomic mass is 9.92. The number of carbonyl (C=O) groups excluding carboxylic acids is 1. The smallest absolute Gasteiger partial charge is 0.320 e. The van der Waals surface area contributed by atoms with Gasteiger partial charge in [-0.3, -0.25) is 5.32 Å². The molecule has 0 fully saturated rings. The van der Waals surface area contributed by atoms with E-state index in [1.54, 1.807) is 16.8 Å². The van der Waals surface area contributed by atoms with Gasteiger partial charge < -0.3 is 10.4 Å². The third kappa shape index (κ3) is 6.01. The van der Waals surface area contributed by atoms with Gasteiger partial charge in [-0.2, -0.15) is 5.10 Å². The molecule has 1 aromatic rings. The van der Waals surface area contributed by atoms with Gasteiger partial charge in [0.05, 0.1) is 17.2 Å². The first-order valence-electron chi connectivity index (χ1n) is 9.42. The monoisotopic (exact) mass is 382 g/mol. The number of rotatable bonds is 5. The standard InChI is InChI=1S/C22H30N4O2/c1-6-16(2)9-8-14-23-21(28)24-20-15-19(22(3,4)5)25-26(20)17-10-7-11-18(27)13-12-17/h6-10,12-13,15,27H,11,14H2,1-5H3,(H2,23,24,28)/b9-8-,16-6-. The zero-order valence-corrected chi connectivity index (χ0v) is 17.3. The largest absolute Gasteiger partial charge is 0.512 e. The van der Waals surface area contributed by atoms with Gasteiger partial charge in [-0.1, -0.05) is 50.6 Å². The van der Waals surface area contributed by atoms with Crippen LogP contribution in [0.1, 0.15) is 46.7 Å². The van der Waals surface area contributed by atoms with Crippen LogP contribution in [0.15, 0.2) is 59.9 Å². The summed E-state index contributed by atoms with van der Waals surface area (Å²) >= 11 is 0. The van der Waals surface area contributed by atoms with Gasteiger partial charge in [0.25, 0.3) is 0 Å². The maximum atomic E-state index is 12.3. The highest BCUT2D eigenvalue weighted by atomic mass is 16.3. The molecule has 6 heteroatoms. The van der Waals surface area contributed by atoms with Crippen molar-refractivity contribution in [3.05, 3.63) is 65.6 Å². The molecule has 1 aliphatic carbocycles. The fraction of sp³-hybridized carbons (Fsp3) is 0.364. The Labute approximate surface area is 167 Å². The van der Waals surface area contributed by atoms with Gasteiger partial charge in [0.15, 0.2) is 0 Å². The van der Waals surface area contributed by atoms with E-state index in [0.717, 1.165) is 17.0 Å². The molecule has 1 aliphatic rings. The second kappa shape index (κ2) is 9.26. The number of carbonyl (C=O) groups is 1. The molecule has 6 nitrogen and oxygen atoms in total. The topological polar surface area (TPSA) is 79.2 Å². The Morgan fingerprint density at radius 1 is 1.36 bits per heavy atom. The zero-order valence-electron chi connectivity index (χ0n) is 17.3. The Morgan fingerprint density at radius 2 is 2.11 bits per heavy atom. The van der Waals surface area contributed by atoms with Crippen LogP contribution >= 0.6 is 0 Å². The van der Waals surface area contributed by atoms with Crippen LogP contribution in [0, 0.1) is 0 Å². The average molecular weight is 383 g/mol. The number of aromatic nitrogens is 2. The molecule has 0 aromatic carbocycles. The summed E-state index contributed by atoms with van der Waals surface area (Å²) in [6, 6.07) is 1.57. The van der Waals surface area contributed by atoms with E-state index in [9.17, 15) is 9.90 Å². The van der Waals surface area contributed by atoms with Crippen molar-refractivity contribution in [2.24, 2.45) is 0 Å². The fourth-order valence-electron chi connectivity index (χ4n) is 2.43. The first-order chi connectivity index (χ1) is 13.2. The van der Waals surface area contributed by atoms with Crippen molar-refractivity contribution in [1.82, 2.24) is 15.1 Å². The Balaban J connectivity index is 2.22. The van der Waals surface area contributed by atoms with Gasteiger partial charge >= 0.3 is 6.03 Å². The number of amides is 2. The van der Waals surface area contributed by atoms with Crippen molar-refractivity contribution in [2.75, 3.05) is 11.9 Å². The lowest BCUT2D eigenvalue weighted by Gasteiger charge is -2.14. The van der Waals surface area contributed by atoms with Crippen molar-refractivity contribution in [1.29, 1.82) is 0 Å². The van der Waals surface area contributed by atoms with E-state index in [1.165, 1.54) is 0 Å². The van der Waals surface area contributed by atoms with E-state index in [-0.39, 0.29) is 17.2 Å². The first-order valence-corrected chi connectivity index (χ1v) is 9.42. The third-order valence-electron chi connectivity index (χ3n) is 4.24. The molecule has 0 unspecified atom stereocenters.